The Labute approximate surface area is 166 Å². The van der Waals surface area contributed by atoms with Gasteiger partial charge in [0.25, 0.3) is 0 Å². The molecule has 29 heavy (non-hydrogen) atoms. The quantitative estimate of drug-likeness (QED) is 0.812. The fourth-order valence-electron chi connectivity index (χ4n) is 5.67. The molecule has 1 N–H and O–H groups in total. The lowest BCUT2D eigenvalue weighted by Gasteiger charge is -2.52. The Morgan fingerprint density at radius 3 is 2.41 bits per heavy atom. The number of halogens is 3. The number of alkyl carbamates (subject to hydrolysis) is 1. The van der Waals surface area contributed by atoms with Crippen molar-refractivity contribution >= 4 is 12.0 Å². The van der Waals surface area contributed by atoms with E-state index in [0.29, 0.717) is 19.4 Å². The number of cyclic esters (lactones) is 1. The molecule has 0 radical (unpaired) electrons. The molecule has 4 aliphatic rings. The van der Waals surface area contributed by atoms with Crippen LogP contribution in [0.2, 0.25) is 0 Å². The number of rotatable bonds is 2. The van der Waals surface area contributed by atoms with Gasteiger partial charge in [0, 0.05) is 24.4 Å². The Kier molecular flexibility index (Phi) is 3.96. The van der Waals surface area contributed by atoms with E-state index < -0.39 is 17.8 Å². The van der Waals surface area contributed by atoms with Gasteiger partial charge in [-0.1, -0.05) is 12.1 Å². The van der Waals surface area contributed by atoms with Gasteiger partial charge in [0.1, 0.15) is 6.61 Å². The Bertz CT molecular complexity index is 840. The summed E-state index contributed by atoms with van der Waals surface area (Å²) in [5.74, 6) is 0.356. The largest absolute Gasteiger partial charge is 0.447 e. The predicted octanol–water partition coefficient (Wildman–Crippen LogP) is 3.69. The van der Waals surface area contributed by atoms with Crippen LogP contribution in [0.1, 0.15) is 49.1 Å². The number of likely N-dealkylation sites (tertiary alicyclic amines) is 1. The summed E-state index contributed by atoms with van der Waals surface area (Å²) >= 11 is 0. The van der Waals surface area contributed by atoms with Crippen molar-refractivity contribution in [3.8, 4) is 0 Å². The number of carbonyl (C=O) groups is 2. The number of alkyl halides is 3. The minimum absolute atomic E-state index is 0.0542. The van der Waals surface area contributed by atoms with Crippen LogP contribution < -0.4 is 5.32 Å². The highest BCUT2D eigenvalue weighted by atomic mass is 19.4. The summed E-state index contributed by atoms with van der Waals surface area (Å²) in [6.45, 7) is 1.80. The third kappa shape index (κ3) is 3.16. The summed E-state index contributed by atoms with van der Waals surface area (Å²) in [5.41, 5.74) is 0.102. The van der Waals surface area contributed by atoms with Crippen LogP contribution in [-0.2, 0) is 15.7 Å². The SMILES string of the molecule is O=C1NC2(CO1)CC(C(=O)N1CC3(CC[C@H](c4ccc(C(F)(F)F)cc4)C3)C1)C2. The number of carbonyl (C=O) groups excluding carboxylic acids is 2. The number of ether oxygens (including phenoxy) is 1. The number of amides is 2. The minimum Gasteiger partial charge on any atom is -0.447 e. The number of hydrogen-bond acceptors (Lipinski definition) is 3. The van der Waals surface area contributed by atoms with Crippen molar-refractivity contribution in [2.75, 3.05) is 19.7 Å². The highest BCUT2D eigenvalue weighted by Gasteiger charge is 2.56. The van der Waals surface area contributed by atoms with Crippen molar-refractivity contribution in [1.82, 2.24) is 10.2 Å². The number of hydrogen-bond donors (Lipinski definition) is 1. The van der Waals surface area contributed by atoms with Gasteiger partial charge in [0.2, 0.25) is 5.91 Å². The second kappa shape index (κ2) is 6.12. The first-order valence-electron chi connectivity index (χ1n) is 10.1. The smallest absolute Gasteiger partial charge is 0.416 e. The van der Waals surface area contributed by atoms with E-state index in [2.05, 4.69) is 5.32 Å². The van der Waals surface area contributed by atoms with Gasteiger partial charge in [-0.3, -0.25) is 4.79 Å². The van der Waals surface area contributed by atoms with E-state index in [-0.39, 0.29) is 28.7 Å². The Morgan fingerprint density at radius 1 is 1.14 bits per heavy atom. The second-order valence-corrected chi connectivity index (χ2v) is 9.34. The van der Waals surface area contributed by atoms with Crippen molar-refractivity contribution < 1.29 is 27.5 Å². The topological polar surface area (TPSA) is 58.6 Å². The molecular weight excluding hydrogens is 385 g/mol. The number of nitrogens with one attached hydrogen (secondary N) is 1. The van der Waals surface area contributed by atoms with Gasteiger partial charge in [0.15, 0.2) is 0 Å². The van der Waals surface area contributed by atoms with Crippen LogP contribution in [0, 0.1) is 11.3 Å². The van der Waals surface area contributed by atoms with E-state index in [1.54, 1.807) is 12.1 Å². The van der Waals surface area contributed by atoms with Crippen LogP contribution in [0.4, 0.5) is 18.0 Å². The normalized spacial score (nSPS) is 32.7. The van der Waals surface area contributed by atoms with E-state index in [1.807, 2.05) is 4.90 Å². The van der Waals surface area contributed by atoms with Crippen molar-refractivity contribution in [2.45, 2.75) is 49.7 Å². The van der Waals surface area contributed by atoms with Crippen LogP contribution >= 0.6 is 0 Å². The zero-order valence-electron chi connectivity index (χ0n) is 15.9. The lowest BCUT2D eigenvalue weighted by Crippen LogP contribution is -2.63. The summed E-state index contributed by atoms with van der Waals surface area (Å²) in [4.78, 5) is 25.9. The Balaban J connectivity index is 1.14. The summed E-state index contributed by atoms with van der Waals surface area (Å²) in [6, 6.07) is 5.52. The molecule has 2 aliphatic heterocycles. The highest BCUT2D eigenvalue weighted by molar-refractivity contribution is 5.82. The molecule has 2 saturated heterocycles. The molecule has 2 spiro atoms. The zero-order chi connectivity index (χ0) is 20.4. The highest BCUT2D eigenvalue weighted by Crippen LogP contribution is 2.53. The Hall–Kier alpha value is -2.25. The molecule has 5 rings (SSSR count). The van der Waals surface area contributed by atoms with Crippen LogP contribution in [0.25, 0.3) is 0 Å². The van der Waals surface area contributed by atoms with Crippen LogP contribution in [0.5, 0.6) is 0 Å². The first-order chi connectivity index (χ1) is 13.7. The number of benzene rings is 1. The lowest BCUT2D eigenvalue weighted by molar-refractivity contribution is -0.153. The number of nitrogens with zero attached hydrogens (tertiary/aromatic N) is 1. The maximum Gasteiger partial charge on any atom is 0.416 e. The first-order valence-corrected chi connectivity index (χ1v) is 10.1. The van der Waals surface area contributed by atoms with E-state index >= 15 is 0 Å². The summed E-state index contributed by atoms with van der Waals surface area (Å²) < 4.78 is 43.2. The first kappa shape index (κ1) is 18.8. The zero-order valence-corrected chi connectivity index (χ0v) is 15.9. The van der Waals surface area contributed by atoms with E-state index in [4.69, 9.17) is 4.74 Å². The van der Waals surface area contributed by atoms with Crippen LogP contribution in [0.15, 0.2) is 24.3 Å². The molecule has 2 amide bonds. The molecule has 156 valence electrons. The Morgan fingerprint density at radius 2 is 1.83 bits per heavy atom. The molecule has 1 atom stereocenters. The standard InChI is InChI=1S/C21H23F3N2O3/c22-21(23,24)16-3-1-13(2-4-16)14-5-6-19(7-14)10-26(11-19)17(27)15-8-20(9-15)12-29-18(28)25-20/h1-4,14-15H,5-12H2,(H,25,28)/t14-,15?,20?/m0/s1. The molecule has 2 heterocycles. The monoisotopic (exact) mass is 408 g/mol. The van der Waals surface area contributed by atoms with Gasteiger partial charge in [-0.15, -0.1) is 0 Å². The molecule has 1 aromatic carbocycles. The van der Waals surface area contributed by atoms with Gasteiger partial charge in [-0.2, -0.15) is 13.2 Å². The maximum atomic E-state index is 12.8. The van der Waals surface area contributed by atoms with Crippen LogP contribution in [0.3, 0.4) is 0 Å². The van der Waals surface area contributed by atoms with Crippen molar-refractivity contribution in [1.29, 1.82) is 0 Å². The molecule has 0 unspecified atom stereocenters. The maximum absolute atomic E-state index is 12.8. The lowest BCUT2D eigenvalue weighted by atomic mass is 9.67. The van der Waals surface area contributed by atoms with Gasteiger partial charge in [-0.25, -0.2) is 4.79 Å². The van der Waals surface area contributed by atoms with E-state index in [0.717, 1.165) is 50.0 Å². The third-order valence-corrected chi connectivity index (χ3v) is 7.25. The molecule has 2 saturated carbocycles. The van der Waals surface area contributed by atoms with Gasteiger partial charge < -0.3 is 15.0 Å². The molecule has 0 bridgehead atoms. The molecular formula is C21H23F3N2O3. The fraction of sp³-hybridized carbons (Fsp3) is 0.619. The molecule has 0 aromatic heterocycles. The average molecular weight is 408 g/mol. The summed E-state index contributed by atoms with van der Waals surface area (Å²) in [5, 5.41) is 2.81. The van der Waals surface area contributed by atoms with Crippen molar-refractivity contribution in [3.63, 3.8) is 0 Å². The van der Waals surface area contributed by atoms with Gasteiger partial charge >= 0.3 is 12.3 Å². The molecule has 8 heteroatoms. The summed E-state index contributed by atoms with van der Waals surface area (Å²) in [6.07, 6.45) is -0.577. The van der Waals surface area contributed by atoms with E-state index in [1.165, 1.54) is 0 Å². The van der Waals surface area contributed by atoms with Crippen molar-refractivity contribution in [2.24, 2.45) is 11.3 Å². The molecule has 4 fully saturated rings. The van der Waals surface area contributed by atoms with Crippen LogP contribution in [-0.4, -0.2) is 42.1 Å². The van der Waals surface area contributed by atoms with Crippen molar-refractivity contribution in [3.05, 3.63) is 35.4 Å². The third-order valence-electron chi connectivity index (χ3n) is 7.25. The average Bonchev–Trinajstić information content (AvgIpc) is 3.22. The van der Waals surface area contributed by atoms with Gasteiger partial charge in [0.05, 0.1) is 11.1 Å². The predicted molar refractivity (Wildman–Crippen MR) is 97.0 cm³/mol. The molecule has 2 aliphatic carbocycles. The molecule has 1 aromatic rings. The molecule has 5 nitrogen and oxygen atoms in total. The van der Waals surface area contributed by atoms with E-state index in [9.17, 15) is 22.8 Å². The fourth-order valence-corrected chi connectivity index (χ4v) is 5.67. The minimum atomic E-state index is -4.31. The summed E-state index contributed by atoms with van der Waals surface area (Å²) in [7, 11) is 0. The second-order valence-electron chi connectivity index (χ2n) is 9.34. The van der Waals surface area contributed by atoms with Gasteiger partial charge in [-0.05, 0) is 55.7 Å².